The molecular weight excluding hydrogens is 378 g/mol. The van der Waals surface area contributed by atoms with Gasteiger partial charge in [0.15, 0.2) is 5.75 Å². The highest BCUT2D eigenvalue weighted by atomic mass is 35.5. The summed E-state index contributed by atoms with van der Waals surface area (Å²) >= 11 is 6.81. The van der Waals surface area contributed by atoms with E-state index in [-0.39, 0.29) is 0 Å². The third kappa shape index (κ3) is 4.32. The van der Waals surface area contributed by atoms with E-state index in [0.717, 1.165) is 16.7 Å². The van der Waals surface area contributed by atoms with Crippen LogP contribution in [0.2, 0.25) is 5.02 Å². The van der Waals surface area contributed by atoms with Crippen LogP contribution in [0.4, 0.5) is 0 Å². The highest BCUT2D eigenvalue weighted by Crippen LogP contribution is 2.34. The van der Waals surface area contributed by atoms with Crippen molar-refractivity contribution in [2.45, 2.75) is 6.54 Å². The molecular formula is C16H12ClN5O3S. The summed E-state index contributed by atoms with van der Waals surface area (Å²) in [5, 5.41) is 13.7. The van der Waals surface area contributed by atoms with Crippen molar-refractivity contribution >= 4 is 23.9 Å². The molecule has 3 aromatic rings. The van der Waals surface area contributed by atoms with E-state index in [0.29, 0.717) is 35.2 Å². The van der Waals surface area contributed by atoms with Crippen LogP contribution in [0.1, 0.15) is 11.1 Å². The first-order valence-corrected chi connectivity index (χ1v) is 8.28. The number of aromatic nitrogens is 3. The van der Waals surface area contributed by atoms with E-state index in [1.54, 1.807) is 35.3 Å². The maximum Gasteiger partial charge on any atom is 0.260 e. The highest BCUT2D eigenvalue weighted by molar-refractivity contribution is 7.90. The van der Waals surface area contributed by atoms with Crippen molar-refractivity contribution in [3.05, 3.63) is 65.2 Å². The largest absolute Gasteiger partial charge is 0.397 e. The van der Waals surface area contributed by atoms with Crippen molar-refractivity contribution in [2.24, 2.45) is 5.90 Å². The van der Waals surface area contributed by atoms with Gasteiger partial charge in [-0.05, 0) is 41.0 Å². The van der Waals surface area contributed by atoms with Gasteiger partial charge >= 0.3 is 0 Å². The summed E-state index contributed by atoms with van der Waals surface area (Å²) in [6.07, 6.45) is 3.10. The van der Waals surface area contributed by atoms with Gasteiger partial charge in [0.05, 0.1) is 23.2 Å². The number of halogens is 1. The molecule has 0 bridgehead atoms. The predicted molar refractivity (Wildman–Crippen MR) is 95.3 cm³/mol. The first-order chi connectivity index (χ1) is 12.7. The van der Waals surface area contributed by atoms with Crippen molar-refractivity contribution in [3.8, 4) is 22.9 Å². The van der Waals surface area contributed by atoms with E-state index in [2.05, 4.69) is 25.5 Å². The van der Waals surface area contributed by atoms with Gasteiger partial charge in [-0.25, -0.2) is 9.67 Å². The number of nitriles is 1. The van der Waals surface area contributed by atoms with E-state index in [9.17, 15) is 5.26 Å². The Balaban J connectivity index is 1.94. The quantitative estimate of drug-likeness (QED) is 0.284. The van der Waals surface area contributed by atoms with E-state index in [1.165, 1.54) is 6.33 Å². The topological polar surface area (TPSA) is 108 Å². The van der Waals surface area contributed by atoms with Gasteiger partial charge < -0.3 is 4.18 Å². The lowest BCUT2D eigenvalue weighted by molar-refractivity contribution is -0.199. The number of nitrogens with two attached hydrogens (primary N) is 1. The number of rotatable bonds is 7. The average molecular weight is 390 g/mol. The van der Waals surface area contributed by atoms with Crippen LogP contribution >= 0.6 is 23.9 Å². The third-order valence-corrected chi connectivity index (χ3v) is 4.15. The molecule has 0 unspecified atom stereocenters. The molecule has 0 amide bonds. The molecule has 1 heterocycles. The van der Waals surface area contributed by atoms with Crippen LogP contribution in [0, 0.1) is 11.3 Å². The van der Waals surface area contributed by atoms with Crippen molar-refractivity contribution in [1.29, 1.82) is 5.26 Å². The van der Waals surface area contributed by atoms with Gasteiger partial charge in [-0.2, -0.15) is 16.3 Å². The maximum atomic E-state index is 9.21. The van der Waals surface area contributed by atoms with Gasteiger partial charge in [0.1, 0.15) is 12.7 Å². The summed E-state index contributed by atoms with van der Waals surface area (Å²) in [5.74, 6) is 5.12. The maximum absolute atomic E-state index is 9.21. The van der Waals surface area contributed by atoms with E-state index >= 15 is 0 Å². The number of hydrogen-bond donors (Lipinski definition) is 1. The van der Waals surface area contributed by atoms with Crippen molar-refractivity contribution < 1.29 is 13.5 Å². The molecule has 0 aliphatic heterocycles. The molecule has 0 saturated heterocycles. The van der Waals surface area contributed by atoms with Crippen LogP contribution in [0.3, 0.4) is 0 Å². The standard InChI is InChI=1S/C16H12ClN5O3S/c17-15-6-12(3-4-16(15)23-26-25-24-19)14-5-11(7-18)1-2-13(14)8-22-10-20-9-21-22/h1-6,9-10H,8,19H2. The monoisotopic (exact) mass is 389 g/mol. The van der Waals surface area contributed by atoms with Gasteiger partial charge in [0.2, 0.25) is 0 Å². The number of nitrogens with zero attached hydrogens (tertiary/aromatic N) is 4. The van der Waals surface area contributed by atoms with Crippen LogP contribution in [0.25, 0.3) is 11.1 Å². The Morgan fingerprint density at radius 1 is 1.27 bits per heavy atom. The van der Waals surface area contributed by atoms with E-state index < -0.39 is 0 Å². The minimum absolute atomic E-state index is 0.365. The van der Waals surface area contributed by atoms with Crippen LogP contribution in [-0.4, -0.2) is 14.8 Å². The molecule has 0 saturated carbocycles. The fourth-order valence-corrected chi connectivity index (χ4v) is 2.89. The van der Waals surface area contributed by atoms with E-state index in [4.69, 9.17) is 21.7 Å². The van der Waals surface area contributed by atoms with Crippen molar-refractivity contribution in [1.82, 2.24) is 14.8 Å². The molecule has 2 N–H and O–H groups in total. The van der Waals surface area contributed by atoms with Gasteiger partial charge in [0, 0.05) is 0 Å². The second kappa shape index (κ2) is 8.66. The molecule has 0 radical (unpaired) electrons. The first-order valence-electron chi connectivity index (χ1n) is 7.23. The Morgan fingerprint density at radius 2 is 2.15 bits per heavy atom. The van der Waals surface area contributed by atoms with Gasteiger partial charge in [-0.15, -0.1) is 9.32 Å². The molecule has 26 heavy (non-hydrogen) atoms. The summed E-state index contributed by atoms with van der Waals surface area (Å²) in [7, 11) is 0. The summed E-state index contributed by atoms with van der Waals surface area (Å²) in [6.45, 7) is 0.508. The smallest absolute Gasteiger partial charge is 0.260 e. The van der Waals surface area contributed by atoms with Crippen LogP contribution < -0.4 is 10.1 Å². The molecule has 0 fully saturated rings. The van der Waals surface area contributed by atoms with Gasteiger partial charge in [-0.3, -0.25) is 0 Å². The Bertz CT molecular complexity index is 930. The van der Waals surface area contributed by atoms with Crippen LogP contribution in [0.15, 0.2) is 49.1 Å². The summed E-state index contributed by atoms with van der Waals surface area (Å²) < 4.78 is 11.3. The van der Waals surface area contributed by atoms with Crippen molar-refractivity contribution in [2.75, 3.05) is 0 Å². The molecule has 0 aliphatic carbocycles. The summed E-state index contributed by atoms with van der Waals surface area (Å²) in [5.41, 5.74) is 3.20. The van der Waals surface area contributed by atoms with Crippen LogP contribution in [0.5, 0.6) is 5.75 Å². The molecule has 132 valence electrons. The normalized spacial score (nSPS) is 10.5. The Morgan fingerprint density at radius 3 is 2.85 bits per heavy atom. The predicted octanol–water partition coefficient (Wildman–Crippen LogP) is 3.28. The Kier molecular flexibility index (Phi) is 6.06. The number of benzene rings is 2. The second-order valence-corrected chi connectivity index (χ2v) is 5.88. The fourth-order valence-electron chi connectivity index (χ4n) is 2.34. The summed E-state index contributed by atoms with van der Waals surface area (Å²) in [4.78, 5) is 7.88. The lowest BCUT2D eigenvalue weighted by atomic mass is 9.97. The zero-order valence-corrected chi connectivity index (χ0v) is 14.8. The first kappa shape index (κ1) is 18.2. The van der Waals surface area contributed by atoms with Crippen molar-refractivity contribution in [3.63, 3.8) is 0 Å². The molecule has 8 nitrogen and oxygen atoms in total. The van der Waals surface area contributed by atoms with E-state index in [1.807, 2.05) is 12.1 Å². The molecule has 1 aromatic heterocycles. The van der Waals surface area contributed by atoms with Crippen LogP contribution in [-0.2, 0) is 15.9 Å². The fraction of sp³-hybridized carbons (Fsp3) is 0.0625. The molecule has 0 atom stereocenters. The van der Waals surface area contributed by atoms with Gasteiger partial charge in [-0.1, -0.05) is 23.7 Å². The minimum atomic E-state index is 0.365. The summed E-state index contributed by atoms with van der Waals surface area (Å²) in [6, 6.07) is 12.8. The number of hydrogen-bond acceptors (Lipinski definition) is 8. The minimum Gasteiger partial charge on any atom is -0.397 e. The van der Waals surface area contributed by atoms with Gasteiger partial charge in [0.25, 0.3) is 12.3 Å². The Hall–Kier alpha value is -2.61. The lowest BCUT2D eigenvalue weighted by Crippen LogP contribution is -2.02. The Labute approximate surface area is 158 Å². The molecule has 10 heteroatoms. The zero-order chi connectivity index (χ0) is 18.4. The highest BCUT2D eigenvalue weighted by Gasteiger charge is 2.11. The third-order valence-electron chi connectivity index (χ3n) is 3.47. The molecule has 0 spiro atoms. The SMILES string of the molecule is N#Cc1ccc(Cn2cncn2)c(-c2ccc(OSOON)c(Cl)c2)c1. The average Bonchev–Trinajstić information content (AvgIpc) is 3.16. The zero-order valence-electron chi connectivity index (χ0n) is 13.2. The molecule has 2 aromatic carbocycles. The second-order valence-electron chi connectivity index (χ2n) is 5.04. The molecule has 3 rings (SSSR count). The molecule has 0 aliphatic rings. The lowest BCUT2D eigenvalue weighted by Gasteiger charge is -2.12.